The zero-order valence-corrected chi connectivity index (χ0v) is 10.5. The average molecular weight is 262 g/mol. The third kappa shape index (κ3) is 2.35. The molecule has 100 valence electrons. The Morgan fingerprint density at radius 2 is 2.37 bits per heavy atom. The van der Waals surface area contributed by atoms with Gasteiger partial charge in [-0.1, -0.05) is 13.3 Å². The zero-order chi connectivity index (χ0) is 14.0. The van der Waals surface area contributed by atoms with Crippen LogP contribution < -0.4 is 4.90 Å². The van der Waals surface area contributed by atoms with E-state index in [0.717, 1.165) is 6.42 Å². The Kier molecular flexibility index (Phi) is 3.36. The summed E-state index contributed by atoms with van der Waals surface area (Å²) in [5.41, 5.74) is -1.10. The molecule has 1 saturated heterocycles. The molecule has 0 unspecified atom stereocenters. The van der Waals surface area contributed by atoms with Gasteiger partial charge in [0.25, 0.3) is 0 Å². The molecule has 19 heavy (non-hydrogen) atoms. The van der Waals surface area contributed by atoms with E-state index in [1.807, 2.05) is 6.92 Å². The van der Waals surface area contributed by atoms with Gasteiger partial charge in [-0.05, 0) is 12.5 Å². The number of aliphatic hydroxyl groups is 1. The van der Waals surface area contributed by atoms with Crippen molar-refractivity contribution >= 4 is 11.5 Å². The van der Waals surface area contributed by atoms with E-state index in [2.05, 4.69) is 4.98 Å². The first-order valence-electron chi connectivity index (χ1n) is 6.01. The van der Waals surface area contributed by atoms with E-state index in [9.17, 15) is 15.2 Å². The van der Waals surface area contributed by atoms with Gasteiger partial charge < -0.3 is 10.0 Å². The van der Waals surface area contributed by atoms with E-state index in [4.69, 9.17) is 5.26 Å². The fraction of sp³-hybridized carbons (Fsp3) is 0.500. The van der Waals surface area contributed by atoms with Gasteiger partial charge in [0.05, 0.1) is 23.6 Å². The third-order valence-electron chi connectivity index (χ3n) is 3.19. The molecule has 1 aromatic heterocycles. The highest BCUT2D eigenvalue weighted by Crippen LogP contribution is 2.36. The molecule has 0 amide bonds. The maximum absolute atomic E-state index is 11.1. The molecular formula is C12H14N4O3. The van der Waals surface area contributed by atoms with Gasteiger partial charge in [0.15, 0.2) is 0 Å². The summed E-state index contributed by atoms with van der Waals surface area (Å²) < 4.78 is 0. The van der Waals surface area contributed by atoms with Crippen molar-refractivity contribution in [3.63, 3.8) is 0 Å². The monoisotopic (exact) mass is 262 g/mol. The van der Waals surface area contributed by atoms with E-state index in [1.165, 1.54) is 12.3 Å². The summed E-state index contributed by atoms with van der Waals surface area (Å²) in [6, 6.07) is 3.11. The number of anilines is 1. The molecule has 1 aromatic rings. The van der Waals surface area contributed by atoms with Gasteiger partial charge in [-0.15, -0.1) is 0 Å². The predicted octanol–water partition coefficient (Wildman–Crippen LogP) is 1.21. The van der Waals surface area contributed by atoms with Crippen LogP contribution in [0.15, 0.2) is 12.3 Å². The Morgan fingerprint density at radius 1 is 1.68 bits per heavy atom. The molecule has 0 radical (unpaired) electrons. The third-order valence-corrected chi connectivity index (χ3v) is 3.19. The number of hydrogen-bond acceptors (Lipinski definition) is 6. The van der Waals surface area contributed by atoms with Gasteiger partial charge in [-0.2, -0.15) is 5.26 Å². The van der Waals surface area contributed by atoms with E-state index in [-0.39, 0.29) is 17.1 Å². The summed E-state index contributed by atoms with van der Waals surface area (Å²) >= 11 is 0. The first kappa shape index (κ1) is 13.2. The highest BCUT2D eigenvalue weighted by atomic mass is 16.6. The Balaban J connectivity index is 2.28. The smallest absolute Gasteiger partial charge is 0.329 e. The molecule has 1 N–H and O–H groups in total. The van der Waals surface area contributed by atoms with Crippen LogP contribution in [-0.4, -0.2) is 33.7 Å². The quantitative estimate of drug-likeness (QED) is 0.646. The van der Waals surface area contributed by atoms with Gasteiger partial charge >= 0.3 is 5.69 Å². The molecule has 7 heteroatoms. The van der Waals surface area contributed by atoms with Crippen molar-refractivity contribution in [2.45, 2.75) is 25.4 Å². The van der Waals surface area contributed by atoms with E-state index in [0.29, 0.717) is 19.5 Å². The van der Waals surface area contributed by atoms with Crippen molar-refractivity contribution in [1.29, 1.82) is 5.26 Å². The van der Waals surface area contributed by atoms with Gasteiger partial charge in [0.1, 0.15) is 11.6 Å². The van der Waals surface area contributed by atoms with Crippen molar-refractivity contribution < 1.29 is 10.0 Å². The number of hydrogen-bond donors (Lipinski definition) is 1. The molecular weight excluding hydrogens is 248 g/mol. The van der Waals surface area contributed by atoms with Crippen LogP contribution in [0, 0.1) is 21.4 Å². The van der Waals surface area contributed by atoms with E-state index in [1.54, 1.807) is 11.0 Å². The van der Waals surface area contributed by atoms with Crippen molar-refractivity contribution in [2.24, 2.45) is 0 Å². The van der Waals surface area contributed by atoms with Crippen LogP contribution >= 0.6 is 0 Å². The Morgan fingerprint density at radius 3 is 2.89 bits per heavy atom. The van der Waals surface area contributed by atoms with Crippen LogP contribution in [-0.2, 0) is 0 Å². The topological polar surface area (TPSA) is 103 Å². The number of pyridine rings is 1. The van der Waals surface area contributed by atoms with Gasteiger partial charge in [0, 0.05) is 6.20 Å². The number of nitrogens with zero attached hydrogens (tertiary/aromatic N) is 4. The summed E-state index contributed by atoms with van der Waals surface area (Å²) in [5.74, 6) is 0.157. The lowest BCUT2D eigenvalue weighted by Crippen LogP contribution is -2.62. The fourth-order valence-corrected chi connectivity index (χ4v) is 2.38. The first-order valence-corrected chi connectivity index (χ1v) is 6.01. The second-order valence-corrected chi connectivity index (χ2v) is 4.73. The lowest BCUT2D eigenvalue weighted by Gasteiger charge is -2.46. The number of aromatic nitrogens is 1. The molecule has 1 fully saturated rings. The van der Waals surface area contributed by atoms with Crippen LogP contribution in [0.1, 0.15) is 25.3 Å². The van der Waals surface area contributed by atoms with Crippen LogP contribution in [0.25, 0.3) is 0 Å². The second kappa shape index (κ2) is 4.82. The SMILES string of the molecule is CCCC1(O)CN(c2nccc(C#N)c2[N+](=O)[O-])C1. The Bertz CT molecular complexity index is 546. The van der Waals surface area contributed by atoms with Crippen LogP contribution in [0.4, 0.5) is 11.5 Å². The van der Waals surface area contributed by atoms with Gasteiger partial charge in [-0.3, -0.25) is 10.1 Å². The van der Waals surface area contributed by atoms with Crippen molar-refractivity contribution in [1.82, 2.24) is 4.98 Å². The summed E-state index contributed by atoms with van der Waals surface area (Å²) in [6.45, 7) is 2.59. The summed E-state index contributed by atoms with van der Waals surface area (Å²) in [6.07, 6.45) is 2.87. The van der Waals surface area contributed by atoms with Crippen LogP contribution in [0.2, 0.25) is 0 Å². The minimum atomic E-state index is -0.799. The molecule has 0 spiro atoms. The summed E-state index contributed by atoms with van der Waals surface area (Å²) in [7, 11) is 0. The first-order chi connectivity index (χ1) is 9.00. The highest BCUT2D eigenvalue weighted by Gasteiger charge is 2.43. The molecule has 0 bridgehead atoms. The average Bonchev–Trinajstić information content (AvgIpc) is 2.34. The molecule has 7 nitrogen and oxygen atoms in total. The minimum Gasteiger partial charge on any atom is -0.386 e. The van der Waals surface area contributed by atoms with E-state index >= 15 is 0 Å². The molecule has 1 aliphatic rings. The lowest BCUT2D eigenvalue weighted by molar-refractivity contribution is -0.384. The summed E-state index contributed by atoms with van der Waals surface area (Å²) in [5, 5.41) is 30.1. The van der Waals surface area contributed by atoms with Crippen molar-refractivity contribution in [2.75, 3.05) is 18.0 Å². The Labute approximate surface area is 110 Å². The molecule has 0 saturated carbocycles. The maximum Gasteiger partial charge on any atom is 0.329 e. The lowest BCUT2D eigenvalue weighted by atomic mass is 9.89. The van der Waals surface area contributed by atoms with Crippen LogP contribution in [0.5, 0.6) is 0 Å². The summed E-state index contributed by atoms with van der Waals surface area (Å²) in [4.78, 5) is 16.1. The van der Waals surface area contributed by atoms with Crippen molar-refractivity contribution in [3.05, 3.63) is 27.9 Å². The van der Waals surface area contributed by atoms with Crippen molar-refractivity contribution in [3.8, 4) is 6.07 Å². The molecule has 1 aliphatic heterocycles. The molecule has 0 atom stereocenters. The maximum atomic E-state index is 11.1. The second-order valence-electron chi connectivity index (χ2n) is 4.73. The number of rotatable bonds is 4. The number of nitriles is 1. The molecule has 0 aromatic carbocycles. The molecule has 0 aliphatic carbocycles. The molecule has 2 heterocycles. The molecule has 2 rings (SSSR count). The number of nitro groups is 1. The number of β-amino-alcohol motifs (C(OH)–C–C–N with tert-alkyl or cyclic N) is 1. The largest absolute Gasteiger partial charge is 0.386 e. The van der Waals surface area contributed by atoms with Gasteiger partial charge in [0.2, 0.25) is 5.82 Å². The van der Waals surface area contributed by atoms with E-state index < -0.39 is 10.5 Å². The normalized spacial score (nSPS) is 16.6. The minimum absolute atomic E-state index is 0.0130. The predicted molar refractivity (Wildman–Crippen MR) is 67.7 cm³/mol. The highest BCUT2D eigenvalue weighted by molar-refractivity contribution is 5.66. The zero-order valence-electron chi connectivity index (χ0n) is 10.5. The van der Waals surface area contributed by atoms with Crippen LogP contribution in [0.3, 0.4) is 0 Å². The Hall–Kier alpha value is -2.20. The standard InChI is InChI=1S/C12H14N4O3/c1-2-4-12(17)7-15(8-12)11-10(16(18)19)9(6-13)3-5-14-11/h3,5,17H,2,4,7-8H2,1H3. The van der Waals surface area contributed by atoms with Gasteiger partial charge in [-0.25, -0.2) is 4.98 Å². The fourth-order valence-electron chi connectivity index (χ4n) is 2.38.